The first-order valence-corrected chi connectivity index (χ1v) is 8.23. The van der Waals surface area contributed by atoms with E-state index in [2.05, 4.69) is 10.2 Å². The Kier molecular flexibility index (Phi) is 4.61. The summed E-state index contributed by atoms with van der Waals surface area (Å²) in [6, 6.07) is 6.54. The average molecular weight is 342 g/mol. The summed E-state index contributed by atoms with van der Waals surface area (Å²) in [5.74, 6) is -0.102. The maximum atomic E-state index is 13.0. The van der Waals surface area contributed by atoms with Gasteiger partial charge in [-0.2, -0.15) is 13.2 Å². The quantitative estimate of drug-likeness (QED) is 0.897. The molecule has 1 fully saturated rings. The number of halogens is 3. The lowest BCUT2D eigenvalue weighted by atomic mass is 9.99. The molecule has 23 heavy (non-hydrogen) atoms. The summed E-state index contributed by atoms with van der Waals surface area (Å²) in [6.07, 6.45) is -4.42. The highest BCUT2D eigenvalue weighted by Crippen LogP contribution is 2.40. The predicted molar refractivity (Wildman–Crippen MR) is 83.7 cm³/mol. The first-order chi connectivity index (χ1) is 11.0. The Morgan fingerprint density at radius 3 is 2.52 bits per heavy atom. The molecular formula is C16H17F3N2OS. The Morgan fingerprint density at radius 1 is 1.17 bits per heavy atom. The number of benzene rings is 1. The second-order valence-electron chi connectivity index (χ2n) is 5.48. The number of thiophene rings is 1. The highest BCUT2D eigenvalue weighted by Gasteiger charge is 2.34. The number of nitrogens with one attached hydrogen (secondary N) is 1. The Labute approximate surface area is 136 Å². The Balaban J connectivity index is 2.06. The van der Waals surface area contributed by atoms with Crippen LogP contribution in [0.3, 0.4) is 0 Å². The molecule has 2 aromatic rings. The van der Waals surface area contributed by atoms with E-state index in [1.54, 1.807) is 0 Å². The van der Waals surface area contributed by atoms with Gasteiger partial charge in [-0.25, -0.2) is 0 Å². The van der Waals surface area contributed by atoms with Gasteiger partial charge in [-0.05, 0) is 29.6 Å². The molecule has 3 rings (SSSR count). The number of nitrogens with zero attached hydrogens (tertiary/aromatic N) is 1. The van der Waals surface area contributed by atoms with Gasteiger partial charge in [0.25, 0.3) is 0 Å². The average Bonchev–Trinajstić information content (AvgIpc) is 3.03. The van der Waals surface area contributed by atoms with Crippen LogP contribution in [-0.2, 0) is 6.18 Å². The molecule has 0 unspecified atom stereocenters. The molecule has 3 nitrogen and oxygen atoms in total. The number of piperazine rings is 1. The van der Waals surface area contributed by atoms with Gasteiger partial charge in [-0.1, -0.05) is 6.07 Å². The maximum Gasteiger partial charge on any atom is 0.416 e. The molecule has 0 spiro atoms. The van der Waals surface area contributed by atoms with Crippen molar-refractivity contribution < 1.29 is 18.3 Å². The maximum absolute atomic E-state index is 13.0. The van der Waals surface area contributed by atoms with E-state index in [1.165, 1.54) is 11.3 Å². The van der Waals surface area contributed by atoms with Crippen molar-refractivity contribution in [2.24, 2.45) is 0 Å². The smallest absolute Gasteiger partial charge is 0.416 e. The van der Waals surface area contributed by atoms with Crippen LogP contribution in [0.5, 0.6) is 5.75 Å². The molecule has 0 bridgehead atoms. The molecule has 0 aliphatic carbocycles. The summed E-state index contributed by atoms with van der Waals surface area (Å²) >= 11 is 1.49. The highest BCUT2D eigenvalue weighted by atomic mass is 32.1. The minimum atomic E-state index is -4.42. The number of hydrogen-bond donors (Lipinski definition) is 2. The van der Waals surface area contributed by atoms with Crippen molar-refractivity contribution in [1.29, 1.82) is 0 Å². The van der Waals surface area contributed by atoms with Gasteiger partial charge in [0, 0.05) is 36.6 Å². The van der Waals surface area contributed by atoms with E-state index in [-0.39, 0.29) is 11.8 Å². The lowest BCUT2D eigenvalue weighted by Gasteiger charge is -2.35. The van der Waals surface area contributed by atoms with Crippen molar-refractivity contribution in [2.45, 2.75) is 12.2 Å². The third-order valence-corrected chi connectivity index (χ3v) is 4.90. The highest BCUT2D eigenvalue weighted by molar-refractivity contribution is 7.10. The van der Waals surface area contributed by atoms with Gasteiger partial charge in [-0.15, -0.1) is 11.3 Å². The van der Waals surface area contributed by atoms with Crippen LogP contribution in [0.25, 0.3) is 0 Å². The molecule has 2 N–H and O–H groups in total. The van der Waals surface area contributed by atoms with Crippen LogP contribution in [0.15, 0.2) is 35.7 Å². The van der Waals surface area contributed by atoms with Crippen LogP contribution in [0.4, 0.5) is 13.2 Å². The van der Waals surface area contributed by atoms with Gasteiger partial charge < -0.3 is 10.4 Å². The van der Waals surface area contributed by atoms with Crippen LogP contribution in [-0.4, -0.2) is 36.2 Å². The van der Waals surface area contributed by atoms with E-state index in [0.29, 0.717) is 5.56 Å². The van der Waals surface area contributed by atoms with Gasteiger partial charge in [0.15, 0.2) is 0 Å². The van der Waals surface area contributed by atoms with Gasteiger partial charge >= 0.3 is 6.18 Å². The fourth-order valence-electron chi connectivity index (χ4n) is 2.87. The monoisotopic (exact) mass is 342 g/mol. The molecule has 0 saturated carbocycles. The van der Waals surface area contributed by atoms with E-state index < -0.39 is 11.7 Å². The number of aromatic hydroxyl groups is 1. The van der Waals surface area contributed by atoms with Crippen molar-refractivity contribution in [1.82, 2.24) is 10.2 Å². The number of phenolic OH excluding ortho intramolecular Hbond substituents is 1. The van der Waals surface area contributed by atoms with E-state index in [4.69, 9.17) is 0 Å². The lowest BCUT2D eigenvalue weighted by Crippen LogP contribution is -2.45. The van der Waals surface area contributed by atoms with E-state index in [0.717, 1.165) is 49.3 Å². The molecule has 124 valence electrons. The molecule has 0 radical (unpaired) electrons. The third kappa shape index (κ3) is 3.52. The van der Waals surface area contributed by atoms with Gasteiger partial charge in [-0.3, -0.25) is 4.90 Å². The third-order valence-electron chi connectivity index (χ3n) is 3.98. The molecule has 1 saturated heterocycles. The summed E-state index contributed by atoms with van der Waals surface area (Å²) < 4.78 is 39.1. The van der Waals surface area contributed by atoms with Gasteiger partial charge in [0.1, 0.15) is 5.75 Å². The fraction of sp³-hybridized carbons (Fsp3) is 0.375. The molecule has 1 aromatic carbocycles. The van der Waals surface area contributed by atoms with E-state index in [1.807, 2.05) is 17.5 Å². The Morgan fingerprint density at radius 2 is 1.91 bits per heavy atom. The summed E-state index contributed by atoms with van der Waals surface area (Å²) in [5.41, 5.74) is -0.425. The van der Waals surface area contributed by atoms with Crippen molar-refractivity contribution in [3.63, 3.8) is 0 Å². The largest absolute Gasteiger partial charge is 0.508 e. The van der Waals surface area contributed by atoms with Crippen LogP contribution in [0.1, 0.15) is 22.0 Å². The number of alkyl halides is 3. The van der Waals surface area contributed by atoms with Crippen molar-refractivity contribution in [3.05, 3.63) is 51.7 Å². The number of rotatable bonds is 3. The fourth-order valence-corrected chi connectivity index (χ4v) is 3.74. The molecular weight excluding hydrogens is 325 g/mol. The summed E-state index contributed by atoms with van der Waals surface area (Å²) in [7, 11) is 0. The van der Waals surface area contributed by atoms with E-state index in [9.17, 15) is 18.3 Å². The first-order valence-electron chi connectivity index (χ1n) is 7.35. The molecule has 1 aromatic heterocycles. The van der Waals surface area contributed by atoms with Crippen LogP contribution < -0.4 is 5.32 Å². The second kappa shape index (κ2) is 6.51. The zero-order valence-corrected chi connectivity index (χ0v) is 13.1. The summed E-state index contributed by atoms with van der Waals surface area (Å²) in [5, 5.41) is 15.3. The number of hydrogen-bond acceptors (Lipinski definition) is 4. The SMILES string of the molecule is Oc1ccc(C(F)(F)F)cc1[C@@H](c1cccs1)N1CCNCC1. The standard InChI is InChI=1S/C16H17F3N2OS/c17-16(18,19)11-3-4-13(22)12(10-11)15(14-2-1-9-23-14)21-7-5-20-6-8-21/h1-4,9-10,15,20,22H,5-8H2/t15-/m0/s1. The predicted octanol–water partition coefficient (Wildman–Crippen LogP) is 3.47. The molecule has 1 aliphatic heterocycles. The van der Waals surface area contributed by atoms with Crippen LogP contribution in [0, 0.1) is 0 Å². The zero-order chi connectivity index (χ0) is 16.4. The second-order valence-corrected chi connectivity index (χ2v) is 6.45. The molecule has 1 atom stereocenters. The summed E-state index contributed by atoms with van der Waals surface area (Å²) in [6.45, 7) is 3.00. The minimum absolute atomic E-state index is 0.102. The van der Waals surface area contributed by atoms with E-state index >= 15 is 0 Å². The lowest BCUT2D eigenvalue weighted by molar-refractivity contribution is -0.137. The van der Waals surface area contributed by atoms with Gasteiger partial charge in [0.2, 0.25) is 0 Å². The molecule has 0 amide bonds. The van der Waals surface area contributed by atoms with Gasteiger partial charge in [0.05, 0.1) is 11.6 Å². The minimum Gasteiger partial charge on any atom is -0.508 e. The van der Waals surface area contributed by atoms with Crippen molar-refractivity contribution in [2.75, 3.05) is 26.2 Å². The molecule has 2 heterocycles. The van der Waals surface area contributed by atoms with Crippen LogP contribution >= 0.6 is 11.3 Å². The van der Waals surface area contributed by atoms with Crippen molar-refractivity contribution >= 4 is 11.3 Å². The molecule has 7 heteroatoms. The molecule has 1 aliphatic rings. The zero-order valence-electron chi connectivity index (χ0n) is 12.3. The first kappa shape index (κ1) is 16.3. The van der Waals surface area contributed by atoms with Crippen LogP contribution in [0.2, 0.25) is 0 Å². The Hall–Kier alpha value is -1.57. The Bertz CT molecular complexity index is 652. The number of phenols is 1. The topological polar surface area (TPSA) is 35.5 Å². The summed E-state index contributed by atoms with van der Waals surface area (Å²) in [4.78, 5) is 3.04. The normalized spacial score (nSPS) is 18.0. The van der Waals surface area contributed by atoms with Crippen molar-refractivity contribution in [3.8, 4) is 5.75 Å².